The molecule has 2 rings (SSSR count). The molecule has 0 saturated heterocycles. The minimum atomic E-state index is 0.222. The first kappa shape index (κ1) is 13.1. The number of anilines is 2. The highest BCUT2D eigenvalue weighted by molar-refractivity contribution is 9.10. The Morgan fingerprint density at radius 2 is 2.00 bits per heavy atom. The SMILES string of the molecule is COc1cc(Br)cc(Nc2cc(C)nc(Cl)n2)c1. The van der Waals surface area contributed by atoms with Crippen LogP contribution in [0.4, 0.5) is 11.5 Å². The van der Waals surface area contributed by atoms with Crippen LogP contribution in [0, 0.1) is 6.92 Å². The number of benzene rings is 1. The Kier molecular flexibility index (Phi) is 4.04. The highest BCUT2D eigenvalue weighted by Gasteiger charge is 2.03. The molecule has 18 heavy (non-hydrogen) atoms. The molecule has 0 saturated carbocycles. The number of halogens is 2. The molecule has 0 radical (unpaired) electrons. The summed E-state index contributed by atoms with van der Waals surface area (Å²) in [6.45, 7) is 1.86. The topological polar surface area (TPSA) is 47.0 Å². The highest BCUT2D eigenvalue weighted by atomic mass is 79.9. The lowest BCUT2D eigenvalue weighted by molar-refractivity contribution is 0.415. The number of hydrogen-bond donors (Lipinski definition) is 1. The molecular formula is C12H11BrClN3O. The molecule has 0 aliphatic rings. The Labute approximate surface area is 118 Å². The molecule has 0 unspecified atom stereocenters. The average Bonchev–Trinajstić information content (AvgIpc) is 2.26. The van der Waals surface area contributed by atoms with Crippen molar-refractivity contribution in [2.75, 3.05) is 12.4 Å². The molecule has 1 N–H and O–H groups in total. The predicted molar refractivity (Wildman–Crippen MR) is 75.8 cm³/mol. The van der Waals surface area contributed by atoms with Crippen molar-refractivity contribution in [1.29, 1.82) is 0 Å². The molecule has 0 fully saturated rings. The van der Waals surface area contributed by atoms with E-state index >= 15 is 0 Å². The quantitative estimate of drug-likeness (QED) is 0.867. The second-order valence-corrected chi connectivity index (χ2v) is 4.92. The molecule has 4 nitrogen and oxygen atoms in total. The van der Waals surface area contributed by atoms with Gasteiger partial charge in [-0.2, -0.15) is 0 Å². The summed E-state index contributed by atoms with van der Waals surface area (Å²) < 4.78 is 6.11. The summed E-state index contributed by atoms with van der Waals surface area (Å²) in [5.74, 6) is 1.40. The van der Waals surface area contributed by atoms with E-state index in [2.05, 4.69) is 31.2 Å². The van der Waals surface area contributed by atoms with Crippen LogP contribution in [0.1, 0.15) is 5.69 Å². The van der Waals surface area contributed by atoms with Crippen molar-refractivity contribution in [2.45, 2.75) is 6.92 Å². The molecule has 0 bridgehead atoms. The van der Waals surface area contributed by atoms with Gasteiger partial charge in [-0.1, -0.05) is 15.9 Å². The molecule has 0 aliphatic carbocycles. The minimum absolute atomic E-state index is 0.222. The van der Waals surface area contributed by atoms with E-state index in [0.717, 1.165) is 21.6 Å². The number of aryl methyl sites for hydroxylation is 1. The van der Waals surface area contributed by atoms with Gasteiger partial charge in [0.25, 0.3) is 0 Å². The van der Waals surface area contributed by atoms with Gasteiger partial charge in [-0.3, -0.25) is 0 Å². The zero-order valence-corrected chi connectivity index (χ0v) is 12.2. The second-order valence-electron chi connectivity index (χ2n) is 3.67. The molecule has 1 aromatic carbocycles. The summed E-state index contributed by atoms with van der Waals surface area (Å²) in [6.07, 6.45) is 0. The van der Waals surface area contributed by atoms with E-state index in [4.69, 9.17) is 16.3 Å². The van der Waals surface area contributed by atoms with Gasteiger partial charge in [0.15, 0.2) is 0 Å². The zero-order chi connectivity index (χ0) is 13.1. The van der Waals surface area contributed by atoms with Gasteiger partial charge in [0, 0.05) is 28.0 Å². The van der Waals surface area contributed by atoms with Crippen molar-refractivity contribution >= 4 is 39.0 Å². The van der Waals surface area contributed by atoms with E-state index in [1.54, 1.807) is 7.11 Å². The van der Waals surface area contributed by atoms with E-state index in [0.29, 0.717) is 5.82 Å². The Morgan fingerprint density at radius 1 is 1.22 bits per heavy atom. The number of aromatic nitrogens is 2. The lowest BCUT2D eigenvalue weighted by Gasteiger charge is -2.09. The first-order valence-corrected chi connectivity index (χ1v) is 6.37. The molecular weight excluding hydrogens is 318 g/mol. The number of rotatable bonds is 3. The predicted octanol–water partition coefficient (Wildman–Crippen LogP) is 3.95. The largest absolute Gasteiger partial charge is 0.497 e. The number of nitrogens with zero attached hydrogens (tertiary/aromatic N) is 2. The number of nitrogens with one attached hydrogen (secondary N) is 1. The summed E-state index contributed by atoms with van der Waals surface area (Å²) in [6, 6.07) is 7.49. The molecule has 94 valence electrons. The van der Waals surface area contributed by atoms with Crippen LogP contribution >= 0.6 is 27.5 Å². The monoisotopic (exact) mass is 327 g/mol. The van der Waals surface area contributed by atoms with Gasteiger partial charge in [0.1, 0.15) is 11.6 Å². The maximum absolute atomic E-state index is 5.81. The summed E-state index contributed by atoms with van der Waals surface area (Å²) in [5, 5.41) is 3.38. The molecule has 0 atom stereocenters. The minimum Gasteiger partial charge on any atom is -0.497 e. The van der Waals surface area contributed by atoms with Crippen molar-refractivity contribution in [3.63, 3.8) is 0 Å². The fourth-order valence-electron chi connectivity index (χ4n) is 1.50. The van der Waals surface area contributed by atoms with Crippen LogP contribution in [0.15, 0.2) is 28.7 Å². The maximum atomic E-state index is 5.81. The molecule has 0 amide bonds. The van der Waals surface area contributed by atoms with Crippen molar-refractivity contribution in [3.05, 3.63) is 39.7 Å². The second kappa shape index (κ2) is 5.54. The van der Waals surface area contributed by atoms with Crippen molar-refractivity contribution < 1.29 is 4.74 Å². The standard InChI is InChI=1S/C12H11BrClN3O/c1-7-3-11(17-12(14)15-7)16-9-4-8(13)5-10(6-9)18-2/h3-6H,1-2H3,(H,15,16,17). The van der Waals surface area contributed by atoms with Crippen LogP contribution in [-0.4, -0.2) is 17.1 Å². The van der Waals surface area contributed by atoms with Gasteiger partial charge >= 0.3 is 0 Å². The van der Waals surface area contributed by atoms with Crippen LogP contribution in [0.5, 0.6) is 5.75 Å². The molecule has 6 heteroatoms. The molecule has 0 spiro atoms. The van der Waals surface area contributed by atoms with Gasteiger partial charge in [-0.15, -0.1) is 0 Å². The van der Waals surface area contributed by atoms with Gasteiger partial charge in [0.05, 0.1) is 7.11 Å². The van der Waals surface area contributed by atoms with Crippen LogP contribution < -0.4 is 10.1 Å². The zero-order valence-electron chi connectivity index (χ0n) is 9.87. The van der Waals surface area contributed by atoms with Crippen LogP contribution in [0.3, 0.4) is 0 Å². The molecule has 2 aromatic rings. The first-order chi connectivity index (χ1) is 8.56. The van der Waals surface area contributed by atoms with E-state index in [1.807, 2.05) is 31.2 Å². The Bertz CT molecular complexity index is 557. The van der Waals surface area contributed by atoms with Gasteiger partial charge in [-0.25, -0.2) is 9.97 Å². The van der Waals surface area contributed by atoms with Crippen LogP contribution in [-0.2, 0) is 0 Å². The lowest BCUT2D eigenvalue weighted by Crippen LogP contribution is -1.97. The van der Waals surface area contributed by atoms with E-state index in [9.17, 15) is 0 Å². The van der Waals surface area contributed by atoms with Gasteiger partial charge < -0.3 is 10.1 Å². The molecule has 1 heterocycles. The normalized spacial score (nSPS) is 10.2. The number of methoxy groups -OCH3 is 1. The third-order valence-corrected chi connectivity index (χ3v) is 2.83. The van der Waals surface area contributed by atoms with Crippen molar-refractivity contribution in [3.8, 4) is 5.75 Å². The molecule has 0 aliphatic heterocycles. The molecule has 1 aromatic heterocycles. The van der Waals surface area contributed by atoms with Crippen molar-refractivity contribution in [1.82, 2.24) is 9.97 Å². The summed E-state index contributed by atoms with van der Waals surface area (Å²) in [4.78, 5) is 8.11. The fraction of sp³-hybridized carbons (Fsp3) is 0.167. The third kappa shape index (κ3) is 3.34. The van der Waals surface area contributed by atoms with Crippen LogP contribution in [0.2, 0.25) is 5.28 Å². The summed E-state index contributed by atoms with van der Waals surface area (Å²) in [7, 11) is 1.62. The Hall–Kier alpha value is -1.33. The van der Waals surface area contributed by atoms with E-state index in [-0.39, 0.29) is 5.28 Å². The highest BCUT2D eigenvalue weighted by Crippen LogP contribution is 2.26. The third-order valence-electron chi connectivity index (χ3n) is 2.21. The van der Waals surface area contributed by atoms with Crippen molar-refractivity contribution in [2.24, 2.45) is 0 Å². The number of hydrogen-bond acceptors (Lipinski definition) is 4. The maximum Gasteiger partial charge on any atom is 0.224 e. The summed E-state index contributed by atoms with van der Waals surface area (Å²) >= 11 is 9.23. The van der Waals surface area contributed by atoms with Gasteiger partial charge in [0.2, 0.25) is 5.28 Å². The first-order valence-electron chi connectivity index (χ1n) is 5.19. The van der Waals surface area contributed by atoms with E-state index in [1.165, 1.54) is 0 Å². The van der Waals surface area contributed by atoms with E-state index < -0.39 is 0 Å². The number of ether oxygens (including phenoxy) is 1. The fourth-order valence-corrected chi connectivity index (χ4v) is 2.19. The smallest absolute Gasteiger partial charge is 0.224 e. The lowest BCUT2D eigenvalue weighted by atomic mass is 10.3. The van der Waals surface area contributed by atoms with Gasteiger partial charge in [-0.05, 0) is 30.7 Å². The Morgan fingerprint density at radius 3 is 2.67 bits per heavy atom. The Balaban J connectivity index is 2.30. The van der Waals surface area contributed by atoms with Crippen LogP contribution in [0.25, 0.3) is 0 Å². The average molecular weight is 329 g/mol. The summed E-state index contributed by atoms with van der Waals surface area (Å²) in [5.41, 5.74) is 1.66.